The Morgan fingerprint density at radius 1 is 0.686 bits per heavy atom. The quantitative estimate of drug-likeness (QED) is 0.0252. The first-order valence-corrected chi connectivity index (χ1v) is 16.4. The Balaban J connectivity index is -0.00000768. The van der Waals surface area contributed by atoms with Crippen molar-refractivity contribution in [3.63, 3.8) is 0 Å². The number of rotatable bonds is 25. The van der Waals surface area contributed by atoms with E-state index < -0.39 is 93.3 Å². The first kappa shape index (κ1) is 55.8. The molecule has 51 heavy (non-hydrogen) atoms. The van der Waals surface area contributed by atoms with Gasteiger partial charge in [0.05, 0.1) is 6.61 Å². The van der Waals surface area contributed by atoms with Crippen molar-refractivity contribution in [3.05, 3.63) is 35.6 Å². The third-order valence-corrected chi connectivity index (χ3v) is 7.74. The van der Waals surface area contributed by atoms with Gasteiger partial charge in [0, 0.05) is 31.4 Å². The summed E-state index contributed by atoms with van der Waals surface area (Å²) in [5.41, 5.74) is 0.295. The average Bonchev–Trinajstić information content (AvgIpc) is 3.00. The Hall–Kier alpha value is 0.459. The Kier molecular flexibility index (Phi) is 33.5. The second kappa shape index (κ2) is 30.7. The summed E-state index contributed by atoms with van der Waals surface area (Å²) >= 11 is 0. The molecule has 0 bridgehead atoms. The minimum Gasteiger partial charge on any atom is -0.481 e. The summed E-state index contributed by atoms with van der Waals surface area (Å²) in [5, 5.41) is 45.5. The number of halogens is 1. The van der Waals surface area contributed by atoms with E-state index in [-0.39, 0.29) is 186 Å². The molecular weight excluding hydrogens is 784 g/mol. The van der Waals surface area contributed by atoms with Crippen LogP contribution in [-0.4, -0.2) is 98.2 Å². The third kappa shape index (κ3) is 26.8. The van der Waals surface area contributed by atoms with Crippen LogP contribution in [0.25, 0.3) is 0 Å². The van der Waals surface area contributed by atoms with Gasteiger partial charge in [0.2, 0.25) is 11.8 Å². The molecule has 0 aromatic heterocycles. The summed E-state index contributed by atoms with van der Waals surface area (Å²) < 4.78 is 29.8. The molecule has 1 aromatic carbocycles. The molecule has 0 saturated carbocycles. The Morgan fingerprint density at radius 3 is 1.73 bits per heavy atom. The molecule has 1 unspecified atom stereocenters. The molecule has 0 aliphatic heterocycles. The van der Waals surface area contributed by atoms with Gasteiger partial charge in [-0.25, -0.2) is 23.6 Å². The number of carboxylic acids is 4. The van der Waals surface area contributed by atoms with E-state index in [1.165, 1.54) is 12.1 Å². The zero-order valence-electron chi connectivity index (χ0n) is 28.8. The SMILES string of the molecule is O=C(O)CC[C@H](NP(=O)(O)OCCC[C@H](NC(=O)CC[C@H](NC(=O)CCCCCNC(=O)c1ccc(F)cc1)C(=O)O)C(=O)O)C(=O)O.[K+].[K+].[K+]. The fourth-order valence-corrected chi connectivity index (χ4v) is 5.12. The summed E-state index contributed by atoms with van der Waals surface area (Å²) in [5.74, 6) is -8.08. The van der Waals surface area contributed by atoms with Crippen LogP contribution in [0, 0.1) is 5.82 Å². The number of amides is 3. The minimum atomic E-state index is -4.72. The van der Waals surface area contributed by atoms with Crippen molar-refractivity contribution in [2.24, 2.45) is 0 Å². The molecule has 4 atom stereocenters. The maximum absolute atomic E-state index is 13.0. The van der Waals surface area contributed by atoms with Crippen LogP contribution in [0.3, 0.4) is 0 Å². The number of carboxylic acid groups (broad SMARTS) is 4. The van der Waals surface area contributed by atoms with E-state index in [2.05, 4.69) is 16.0 Å². The normalized spacial score (nSPS) is 13.2. The fourth-order valence-electron chi connectivity index (χ4n) is 4.04. The van der Waals surface area contributed by atoms with Gasteiger partial charge in [0.15, 0.2) is 0 Å². The largest absolute Gasteiger partial charge is 1.00 e. The third-order valence-electron chi connectivity index (χ3n) is 6.57. The number of hydrogen-bond donors (Lipinski definition) is 9. The topological polar surface area (TPSA) is 295 Å². The van der Waals surface area contributed by atoms with Gasteiger partial charge in [0.25, 0.3) is 5.91 Å². The molecule has 1 aromatic rings. The van der Waals surface area contributed by atoms with Crippen molar-refractivity contribution in [1.29, 1.82) is 0 Å². The van der Waals surface area contributed by atoms with Gasteiger partial charge >= 0.3 is 186 Å². The van der Waals surface area contributed by atoms with Gasteiger partial charge in [-0.1, -0.05) is 6.42 Å². The van der Waals surface area contributed by atoms with Gasteiger partial charge in [-0.3, -0.25) is 28.5 Å². The Morgan fingerprint density at radius 2 is 1.20 bits per heavy atom. The molecular formula is C28H40FK3N4O14P+3. The van der Waals surface area contributed by atoms with E-state index >= 15 is 0 Å². The summed E-state index contributed by atoms with van der Waals surface area (Å²) in [6.07, 6.45) is -1.02. The van der Waals surface area contributed by atoms with Gasteiger partial charge in [-0.15, -0.1) is 0 Å². The molecule has 0 radical (unpaired) electrons. The molecule has 3 amide bonds. The van der Waals surface area contributed by atoms with Crippen molar-refractivity contribution >= 4 is 49.3 Å². The van der Waals surface area contributed by atoms with Crippen molar-refractivity contribution in [1.82, 2.24) is 21.0 Å². The minimum absolute atomic E-state index is 0. The number of nitrogens with one attached hydrogen (secondary N) is 4. The van der Waals surface area contributed by atoms with Crippen LogP contribution in [0.4, 0.5) is 4.39 Å². The number of carbonyl (C=O) groups is 7. The summed E-state index contributed by atoms with van der Waals surface area (Å²) in [7, 11) is -4.72. The zero-order valence-corrected chi connectivity index (χ0v) is 39.0. The Bertz CT molecular complexity index is 1350. The average molecular weight is 824 g/mol. The molecule has 9 N–H and O–H groups in total. The van der Waals surface area contributed by atoms with Crippen LogP contribution in [0.15, 0.2) is 24.3 Å². The smallest absolute Gasteiger partial charge is 0.481 e. The van der Waals surface area contributed by atoms with Gasteiger partial charge in [-0.05, 0) is 62.8 Å². The standard InChI is InChI=1S/C28H40FN4O14P.3K/c29-18-9-7-17(8-10-18)25(38)30-15-3-1-2-6-22(34)32-20(27(41)42)11-13-23(35)31-19(26(39)40)5-4-16-47-48(45,46)33-21(28(43)44)12-14-24(36)37;;;/h7-10,19-21H,1-6,11-16H2,(H,30,38)(H,31,35)(H,32,34)(H,36,37)(H,39,40)(H,41,42)(H,43,44)(H2,33,45,46);;;/q;3*+1/t19-,20-,21-;;;/m0.../s1. The second-order valence-corrected chi connectivity index (χ2v) is 12.0. The number of aliphatic carboxylic acids is 4. The van der Waals surface area contributed by atoms with E-state index in [0.29, 0.717) is 31.4 Å². The molecule has 23 heteroatoms. The summed E-state index contributed by atoms with van der Waals surface area (Å²) in [4.78, 5) is 91.4. The summed E-state index contributed by atoms with van der Waals surface area (Å²) in [6, 6.07) is 0.375. The van der Waals surface area contributed by atoms with E-state index in [9.17, 15) is 57.6 Å². The number of benzene rings is 1. The van der Waals surface area contributed by atoms with Crippen LogP contribution in [0.2, 0.25) is 0 Å². The van der Waals surface area contributed by atoms with Crippen LogP contribution >= 0.6 is 7.75 Å². The second-order valence-electron chi connectivity index (χ2n) is 10.5. The Labute approximate surface area is 420 Å². The van der Waals surface area contributed by atoms with Crippen molar-refractivity contribution in [3.8, 4) is 0 Å². The molecule has 0 spiro atoms. The van der Waals surface area contributed by atoms with Crippen LogP contribution < -0.4 is 175 Å². The maximum Gasteiger partial charge on any atom is 1.00 e. The van der Waals surface area contributed by atoms with Gasteiger partial charge in [0.1, 0.15) is 23.9 Å². The molecule has 0 heterocycles. The molecule has 0 aliphatic carbocycles. The van der Waals surface area contributed by atoms with Crippen LogP contribution in [-0.2, 0) is 37.9 Å². The summed E-state index contributed by atoms with van der Waals surface area (Å²) in [6.45, 7) is -0.235. The maximum atomic E-state index is 13.0. The molecule has 18 nitrogen and oxygen atoms in total. The van der Waals surface area contributed by atoms with E-state index in [1.807, 2.05) is 5.09 Å². The predicted octanol–water partition coefficient (Wildman–Crippen LogP) is -8.15. The molecule has 0 saturated heterocycles. The molecule has 0 aliphatic rings. The van der Waals surface area contributed by atoms with Gasteiger partial charge < -0.3 is 41.3 Å². The number of unbranched alkanes of at least 4 members (excludes halogenated alkanes) is 2. The van der Waals surface area contributed by atoms with Gasteiger partial charge in [-0.2, -0.15) is 0 Å². The number of carbonyl (C=O) groups excluding carboxylic acids is 3. The molecule has 0 fully saturated rings. The van der Waals surface area contributed by atoms with E-state index in [1.54, 1.807) is 0 Å². The monoisotopic (exact) mass is 823 g/mol. The first-order valence-electron chi connectivity index (χ1n) is 14.8. The van der Waals surface area contributed by atoms with Crippen LogP contribution in [0.5, 0.6) is 0 Å². The predicted molar refractivity (Wildman–Crippen MR) is 162 cm³/mol. The molecule has 1 rings (SSSR count). The zero-order chi connectivity index (χ0) is 36.3. The fraction of sp³-hybridized carbons (Fsp3) is 0.536. The molecule has 268 valence electrons. The van der Waals surface area contributed by atoms with E-state index in [4.69, 9.17) is 14.7 Å². The van der Waals surface area contributed by atoms with Crippen molar-refractivity contribution in [2.45, 2.75) is 82.3 Å². The number of hydrogen-bond acceptors (Lipinski definition) is 9. The van der Waals surface area contributed by atoms with Crippen LogP contribution in [0.1, 0.15) is 74.6 Å². The van der Waals surface area contributed by atoms with Crippen molar-refractivity contribution < 1.29 is 227 Å². The van der Waals surface area contributed by atoms with Crippen molar-refractivity contribution in [2.75, 3.05) is 13.2 Å². The first-order chi connectivity index (χ1) is 22.5. The van der Waals surface area contributed by atoms with E-state index in [0.717, 1.165) is 12.1 Å².